The quantitative estimate of drug-likeness (QED) is 0.735. The molecule has 0 heterocycles. The third-order valence-electron chi connectivity index (χ3n) is 3.80. The number of halogens is 2. The Morgan fingerprint density at radius 2 is 2.00 bits per heavy atom. The molecule has 0 spiro atoms. The van der Waals surface area contributed by atoms with Crippen LogP contribution in [-0.4, -0.2) is 26.8 Å². The van der Waals surface area contributed by atoms with Crippen LogP contribution in [0.2, 0.25) is 5.02 Å². The van der Waals surface area contributed by atoms with Gasteiger partial charge in [0.1, 0.15) is 5.82 Å². The number of ether oxygens (including phenoxy) is 1. The molecule has 0 atom stereocenters. The Hall–Kier alpha value is -0.640. The van der Waals surface area contributed by atoms with E-state index in [0.29, 0.717) is 11.6 Å². The van der Waals surface area contributed by atoms with E-state index in [0.717, 1.165) is 31.5 Å². The Kier molecular flexibility index (Phi) is 6.76. The van der Waals surface area contributed by atoms with Gasteiger partial charge in [-0.1, -0.05) is 31.5 Å². The van der Waals surface area contributed by atoms with Crippen molar-refractivity contribution in [2.45, 2.75) is 32.1 Å². The van der Waals surface area contributed by atoms with Gasteiger partial charge in [0.15, 0.2) is 0 Å². The van der Waals surface area contributed by atoms with E-state index >= 15 is 0 Å². The fourth-order valence-electron chi connectivity index (χ4n) is 2.40. The molecule has 1 aromatic carbocycles. The minimum atomic E-state index is -0.290. The highest BCUT2D eigenvalue weighted by atomic mass is 35.5. The van der Waals surface area contributed by atoms with E-state index in [1.165, 1.54) is 12.1 Å². The van der Waals surface area contributed by atoms with Gasteiger partial charge in [-0.25, -0.2) is 4.39 Å². The summed E-state index contributed by atoms with van der Waals surface area (Å²) in [6.45, 7) is 6.58. The average Bonchev–Trinajstić information content (AvgIpc) is 2.41. The Balaban J connectivity index is 2.90. The van der Waals surface area contributed by atoms with Crippen LogP contribution in [0.1, 0.15) is 32.3 Å². The summed E-state index contributed by atoms with van der Waals surface area (Å²) in [5, 5.41) is 3.90. The van der Waals surface area contributed by atoms with Crippen molar-refractivity contribution < 1.29 is 9.13 Å². The lowest BCUT2D eigenvalue weighted by Gasteiger charge is -2.33. The zero-order valence-corrected chi connectivity index (χ0v) is 12.7. The zero-order valence-electron chi connectivity index (χ0n) is 11.9. The molecule has 0 aliphatic heterocycles. The molecule has 0 saturated carbocycles. The smallest absolute Gasteiger partial charge is 0.124 e. The molecule has 0 radical (unpaired) electrons. The van der Waals surface area contributed by atoms with Gasteiger partial charge in [-0.15, -0.1) is 0 Å². The van der Waals surface area contributed by atoms with Crippen molar-refractivity contribution in [3.8, 4) is 0 Å². The van der Waals surface area contributed by atoms with Gasteiger partial charge in [0.05, 0.1) is 6.61 Å². The monoisotopic (exact) mass is 287 g/mol. The van der Waals surface area contributed by atoms with Crippen LogP contribution >= 0.6 is 11.6 Å². The summed E-state index contributed by atoms with van der Waals surface area (Å²) in [4.78, 5) is 0. The number of hydrogen-bond donors (Lipinski definition) is 1. The fraction of sp³-hybridized carbons (Fsp3) is 0.600. The third-order valence-corrected chi connectivity index (χ3v) is 4.12. The van der Waals surface area contributed by atoms with Crippen LogP contribution in [0, 0.1) is 5.82 Å². The molecule has 0 unspecified atom stereocenters. The number of methoxy groups -OCH3 is 1. The van der Waals surface area contributed by atoms with E-state index in [4.69, 9.17) is 16.3 Å². The van der Waals surface area contributed by atoms with Crippen LogP contribution in [0.4, 0.5) is 4.39 Å². The van der Waals surface area contributed by atoms with Gasteiger partial charge < -0.3 is 10.1 Å². The summed E-state index contributed by atoms with van der Waals surface area (Å²) in [5.41, 5.74) is 0.962. The van der Waals surface area contributed by atoms with Crippen molar-refractivity contribution in [1.29, 1.82) is 0 Å². The first-order chi connectivity index (χ1) is 9.09. The predicted molar refractivity (Wildman–Crippen MR) is 78.4 cm³/mol. The van der Waals surface area contributed by atoms with Crippen LogP contribution in [-0.2, 0) is 10.2 Å². The largest absolute Gasteiger partial charge is 0.383 e. The van der Waals surface area contributed by atoms with E-state index in [1.54, 1.807) is 7.11 Å². The molecule has 0 aliphatic rings. The first kappa shape index (κ1) is 16.4. The second-order valence-electron chi connectivity index (χ2n) is 4.78. The maximum absolute atomic E-state index is 13.2. The third kappa shape index (κ3) is 4.16. The van der Waals surface area contributed by atoms with E-state index in [-0.39, 0.29) is 11.2 Å². The van der Waals surface area contributed by atoms with Gasteiger partial charge in [-0.05, 0) is 30.5 Å². The van der Waals surface area contributed by atoms with Crippen molar-refractivity contribution in [2.75, 3.05) is 26.8 Å². The molecule has 1 rings (SSSR count). The summed E-state index contributed by atoms with van der Waals surface area (Å²) in [5.74, 6) is -0.290. The van der Waals surface area contributed by atoms with E-state index in [2.05, 4.69) is 19.2 Å². The molecule has 0 amide bonds. The standard InChI is InChI=1S/C15H23ClFNO/c1-4-15(5-2,11-18-8-9-19-3)13-7-6-12(17)10-14(13)16/h6-7,10,18H,4-5,8-9,11H2,1-3H3. The van der Waals surface area contributed by atoms with Gasteiger partial charge >= 0.3 is 0 Å². The van der Waals surface area contributed by atoms with E-state index in [9.17, 15) is 4.39 Å². The fourth-order valence-corrected chi connectivity index (χ4v) is 2.77. The summed E-state index contributed by atoms with van der Waals surface area (Å²) in [6, 6.07) is 4.69. The first-order valence-electron chi connectivity index (χ1n) is 6.74. The molecule has 0 bridgehead atoms. The summed E-state index contributed by atoms with van der Waals surface area (Å²) in [6.07, 6.45) is 1.91. The highest BCUT2D eigenvalue weighted by molar-refractivity contribution is 6.31. The topological polar surface area (TPSA) is 21.3 Å². The first-order valence-corrected chi connectivity index (χ1v) is 7.12. The van der Waals surface area contributed by atoms with Crippen LogP contribution < -0.4 is 5.32 Å². The van der Waals surface area contributed by atoms with Crippen LogP contribution in [0.25, 0.3) is 0 Å². The summed E-state index contributed by atoms with van der Waals surface area (Å²) >= 11 is 6.22. The SMILES string of the molecule is CCC(CC)(CNCCOC)c1ccc(F)cc1Cl. The van der Waals surface area contributed by atoms with Gasteiger partial charge in [-0.2, -0.15) is 0 Å². The minimum Gasteiger partial charge on any atom is -0.383 e. The maximum atomic E-state index is 13.2. The number of hydrogen-bond acceptors (Lipinski definition) is 2. The second-order valence-corrected chi connectivity index (χ2v) is 5.19. The Bertz CT molecular complexity index is 394. The lowest BCUT2D eigenvalue weighted by Crippen LogP contribution is -2.38. The zero-order chi connectivity index (χ0) is 14.3. The van der Waals surface area contributed by atoms with Crippen molar-refractivity contribution in [3.63, 3.8) is 0 Å². The summed E-state index contributed by atoms with van der Waals surface area (Å²) in [7, 11) is 1.69. The van der Waals surface area contributed by atoms with Gasteiger partial charge in [0.25, 0.3) is 0 Å². The lowest BCUT2D eigenvalue weighted by atomic mass is 9.75. The molecule has 2 nitrogen and oxygen atoms in total. The Morgan fingerprint density at radius 3 is 2.53 bits per heavy atom. The molecule has 4 heteroatoms. The molecule has 0 aromatic heterocycles. The summed E-state index contributed by atoms with van der Waals surface area (Å²) < 4.78 is 18.2. The molecule has 19 heavy (non-hydrogen) atoms. The van der Waals surface area contributed by atoms with E-state index < -0.39 is 0 Å². The minimum absolute atomic E-state index is 0.0570. The van der Waals surface area contributed by atoms with Crippen molar-refractivity contribution in [3.05, 3.63) is 34.6 Å². The molecule has 0 fully saturated rings. The van der Waals surface area contributed by atoms with Crippen LogP contribution in [0.15, 0.2) is 18.2 Å². The highest BCUT2D eigenvalue weighted by Gasteiger charge is 2.30. The molecular formula is C15H23ClFNO. The second kappa shape index (κ2) is 7.83. The number of nitrogens with one attached hydrogen (secondary N) is 1. The van der Waals surface area contributed by atoms with Crippen molar-refractivity contribution in [2.24, 2.45) is 0 Å². The molecule has 1 aromatic rings. The predicted octanol–water partition coefficient (Wildman–Crippen LogP) is 3.77. The number of rotatable bonds is 8. The van der Waals surface area contributed by atoms with Gasteiger partial charge in [0, 0.05) is 30.6 Å². The van der Waals surface area contributed by atoms with Crippen LogP contribution in [0.5, 0.6) is 0 Å². The molecule has 0 saturated heterocycles. The molecule has 108 valence electrons. The van der Waals surface area contributed by atoms with Crippen LogP contribution in [0.3, 0.4) is 0 Å². The molecular weight excluding hydrogens is 265 g/mol. The number of benzene rings is 1. The highest BCUT2D eigenvalue weighted by Crippen LogP contribution is 2.36. The van der Waals surface area contributed by atoms with Crippen molar-refractivity contribution >= 4 is 11.6 Å². The molecule has 0 aliphatic carbocycles. The lowest BCUT2D eigenvalue weighted by molar-refractivity contribution is 0.195. The van der Waals surface area contributed by atoms with Gasteiger partial charge in [-0.3, -0.25) is 0 Å². The Labute approximate surface area is 120 Å². The molecule has 1 N–H and O–H groups in total. The van der Waals surface area contributed by atoms with Crippen molar-refractivity contribution in [1.82, 2.24) is 5.32 Å². The Morgan fingerprint density at radius 1 is 1.32 bits per heavy atom. The normalized spacial score (nSPS) is 11.8. The maximum Gasteiger partial charge on any atom is 0.124 e. The van der Waals surface area contributed by atoms with Gasteiger partial charge in [0.2, 0.25) is 0 Å². The van der Waals surface area contributed by atoms with E-state index in [1.807, 2.05) is 6.07 Å². The average molecular weight is 288 g/mol.